The van der Waals surface area contributed by atoms with Gasteiger partial charge in [0.15, 0.2) is 0 Å². The first kappa shape index (κ1) is 17.0. The second-order valence-corrected chi connectivity index (χ2v) is 6.09. The number of hydrogen-bond acceptors (Lipinski definition) is 2. The van der Waals surface area contributed by atoms with Crippen molar-refractivity contribution in [1.29, 1.82) is 0 Å². The predicted octanol–water partition coefficient (Wildman–Crippen LogP) is 4.14. The summed E-state index contributed by atoms with van der Waals surface area (Å²) in [4.78, 5) is 12.0. The Labute approximate surface area is 148 Å². The van der Waals surface area contributed by atoms with Crippen molar-refractivity contribution < 1.29 is 9.53 Å². The van der Waals surface area contributed by atoms with Gasteiger partial charge in [-0.25, -0.2) is 0 Å². The summed E-state index contributed by atoms with van der Waals surface area (Å²) in [5, 5.41) is 5.39. The van der Waals surface area contributed by atoms with E-state index in [1.54, 1.807) is 7.11 Å². The van der Waals surface area contributed by atoms with E-state index in [0.29, 0.717) is 13.0 Å². The molecule has 0 bridgehead atoms. The molecule has 0 aliphatic carbocycles. The highest BCUT2D eigenvalue weighted by atomic mass is 16.5. The largest absolute Gasteiger partial charge is 0.497 e. The van der Waals surface area contributed by atoms with Crippen LogP contribution in [0, 0.1) is 0 Å². The molecule has 3 heteroatoms. The standard InChI is InChI=1S/C22H23NO2/c1-25-20-12-11-18-8-5-9-19(21(18)16-20)14-15-23-22(24)13-10-17-6-3-2-4-7-17/h2-9,11-12,16H,10,13-15H2,1H3,(H,23,24). The van der Waals surface area contributed by atoms with Crippen molar-refractivity contribution in [3.8, 4) is 5.75 Å². The molecule has 0 heterocycles. The van der Waals surface area contributed by atoms with Gasteiger partial charge in [0.1, 0.15) is 5.75 Å². The van der Waals surface area contributed by atoms with Gasteiger partial charge in [0.2, 0.25) is 5.91 Å². The van der Waals surface area contributed by atoms with Crippen molar-refractivity contribution in [3.05, 3.63) is 77.9 Å². The summed E-state index contributed by atoms with van der Waals surface area (Å²) in [6.45, 7) is 0.643. The molecule has 0 aliphatic rings. The van der Waals surface area contributed by atoms with E-state index in [2.05, 4.69) is 47.8 Å². The van der Waals surface area contributed by atoms with Gasteiger partial charge >= 0.3 is 0 Å². The van der Waals surface area contributed by atoms with Crippen molar-refractivity contribution in [2.45, 2.75) is 19.3 Å². The molecule has 1 amide bonds. The third-order valence-corrected chi connectivity index (χ3v) is 4.38. The summed E-state index contributed by atoms with van der Waals surface area (Å²) in [5.41, 5.74) is 2.42. The number of fused-ring (bicyclic) bond motifs is 1. The molecule has 3 aromatic rings. The SMILES string of the molecule is COc1ccc2cccc(CCNC(=O)CCc3ccccc3)c2c1. The highest BCUT2D eigenvalue weighted by Gasteiger charge is 2.05. The lowest BCUT2D eigenvalue weighted by atomic mass is 10.0. The number of nitrogens with one attached hydrogen (secondary N) is 1. The first-order chi connectivity index (χ1) is 12.3. The molecule has 0 spiro atoms. The normalized spacial score (nSPS) is 10.6. The number of hydrogen-bond donors (Lipinski definition) is 1. The van der Waals surface area contributed by atoms with Crippen molar-refractivity contribution in [1.82, 2.24) is 5.32 Å². The maximum absolute atomic E-state index is 12.0. The number of aryl methyl sites for hydroxylation is 1. The molecule has 0 atom stereocenters. The van der Waals surface area contributed by atoms with Crippen LogP contribution < -0.4 is 10.1 Å². The topological polar surface area (TPSA) is 38.3 Å². The summed E-state index contributed by atoms with van der Waals surface area (Å²) >= 11 is 0. The lowest BCUT2D eigenvalue weighted by Crippen LogP contribution is -2.25. The Kier molecular flexibility index (Phi) is 5.68. The second-order valence-electron chi connectivity index (χ2n) is 6.09. The van der Waals surface area contributed by atoms with E-state index in [1.165, 1.54) is 21.9 Å². The fourth-order valence-electron chi connectivity index (χ4n) is 2.99. The molecule has 0 saturated heterocycles. The first-order valence-corrected chi connectivity index (χ1v) is 8.62. The van der Waals surface area contributed by atoms with Gasteiger partial charge in [-0.05, 0) is 46.9 Å². The second kappa shape index (κ2) is 8.34. The van der Waals surface area contributed by atoms with Crippen LogP contribution in [0.2, 0.25) is 0 Å². The smallest absolute Gasteiger partial charge is 0.220 e. The van der Waals surface area contributed by atoms with Gasteiger partial charge in [-0.3, -0.25) is 4.79 Å². The quantitative estimate of drug-likeness (QED) is 0.706. The van der Waals surface area contributed by atoms with E-state index in [-0.39, 0.29) is 5.91 Å². The Bertz CT molecular complexity index is 843. The maximum Gasteiger partial charge on any atom is 0.220 e. The van der Waals surface area contributed by atoms with Gasteiger partial charge in [0, 0.05) is 13.0 Å². The van der Waals surface area contributed by atoms with Gasteiger partial charge in [0.05, 0.1) is 7.11 Å². The summed E-state index contributed by atoms with van der Waals surface area (Å²) in [6, 6.07) is 22.5. The fraction of sp³-hybridized carbons (Fsp3) is 0.227. The highest BCUT2D eigenvalue weighted by Crippen LogP contribution is 2.24. The molecule has 0 saturated carbocycles. The Morgan fingerprint density at radius 2 is 1.80 bits per heavy atom. The molecule has 0 aromatic heterocycles. The van der Waals surface area contributed by atoms with E-state index < -0.39 is 0 Å². The molecule has 128 valence electrons. The molecule has 3 aromatic carbocycles. The molecule has 1 N–H and O–H groups in total. The summed E-state index contributed by atoms with van der Waals surface area (Å²) < 4.78 is 5.32. The predicted molar refractivity (Wildman–Crippen MR) is 102 cm³/mol. The van der Waals surface area contributed by atoms with E-state index in [0.717, 1.165) is 18.6 Å². The zero-order valence-electron chi connectivity index (χ0n) is 14.5. The van der Waals surface area contributed by atoms with Crippen LogP contribution in [0.4, 0.5) is 0 Å². The van der Waals surface area contributed by atoms with Gasteiger partial charge in [-0.2, -0.15) is 0 Å². The number of amides is 1. The molecular weight excluding hydrogens is 310 g/mol. The van der Waals surface area contributed by atoms with E-state index >= 15 is 0 Å². The highest BCUT2D eigenvalue weighted by molar-refractivity contribution is 5.87. The van der Waals surface area contributed by atoms with Crippen LogP contribution in [0.1, 0.15) is 17.5 Å². The van der Waals surface area contributed by atoms with E-state index in [4.69, 9.17) is 4.74 Å². The van der Waals surface area contributed by atoms with Crippen molar-refractivity contribution in [3.63, 3.8) is 0 Å². The number of carbonyl (C=O) groups excluding carboxylic acids is 1. The average molecular weight is 333 g/mol. The first-order valence-electron chi connectivity index (χ1n) is 8.62. The monoisotopic (exact) mass is 333 g/mol. The van der Waals surface area contributed by atoms with Crippen LogP contribution >= 0.6 is 0 Å². The van der Waals surface area contributed by atoms with E-state index in [1.807, 2.05) is 24.3 Å². The minimum absolute atomic E-state index is 0.0988. The zero-order chi connectivity index (χ0) is 17.5. The lowest BCUT2D eigenvalue weighted by molar-refractivity contribution is -0.121. The van der Waals surface area contributed by atoms with Crippen LogP contribution in [-0.4, -0.2) is 19.6 Å². The van der Waals surface area contributed by atoms with Crippen LogP contribution in [0.3, 0.4) is 0 Å². The molecule has 0 radical (unpaired) electrons. The Balaban J connectivity index is 1.55. The van der Waals surface area contributed by atoms with Gasteiger partial charge in [-0.15, -0.1) is 0 Å². The maximum atomic E-state index is 12.0. The number of benzene rings is 3. The minimum atomic E-state index is 0.0988. The van der Waals surface area contributed by atoms with E-state index in [9.17, 15) is 4.79 Å². The van der Waals surface area contributed by atoms with Gasteiger partial charge in [-0.1, -0.05) is 54.6 Å². The molecule has 25 heavy (non-hydrogen) atoms. The Hall–Kier alpha value is -2.81. The molecule has 3 nitrogen and oxygen atoms in total. The zero-order valence-corrected chi connectivity index (χ0v) is 14.5. The van der Waals surface area contributed by atoms with Crippen molar-refractivity contribution in [2.75, 3.05) is 13.7 Å². The van der Waals surface area contributed by atoms with Crippen LogP contribution in [-0.2, 0) is 17.6 Å². The van der Waals surface area contributed by atoms with Crippen LogP contribution in [0.5, 0.6) is 5.75 Å². The van der Waals surface area contributed by atoms with Gasteiger partial charge in [0.25, 0.3) is 0 Å². The molecule has 0 aliphatic heterocycles. The summed E-state index contributed by atoms with van der Waals surface area (Å²) in [5.74, 6) is 0.952. The lowest BCUT2D eigenvalue weighted by Gasteiger charge is -2.09. The molecular formula is C22H23NO2. The Morgan fingerprint density at radius 3 is 2.60 bits per heavy atom. The molecule has 0 fully saturated rings. The van der Waals surface area contributed by atoms with Gasteiger partial charge < -0.3 is 10.1 Å². The van der Waals surface area contributed by atoms with Crippen molar-refractivity contribution in [2.24, 2.45) is 0 Å². The fourth-order valence-corrected chi connectivity index (χ4v) is 2.99. The molecule has 0 unspecified atom stereocenters. The third-order valence-electron chi connectivity index (χ3n) is 4.38. The number of ether oxygens (including phenoxy) is 1. The van der Waals surface area contributed by atoms with Crippen LogP contribution in [0.15, 0.2) is 66.7 Å². The number of methoxy groups -OCH3 is 1. The average Bonchev–Trinajstić information content (AvgIpc) is 2.67. The number of rotatable bonds is 7. The summed E-state index contributed by atoms with van der Waals surface area (Å²) in [7, 11) is 1.68. The third kappa shape index (κ3) is 4.60. The Morgan fingerprint density at radius 1 is 0.960 bits per heavy atom. The number of carbonyl (C=O) groups is 1. The van der Waals surface area contributed by atoms with Crippen LogP contribution in [0.25, 0.3) is 10.8 Å². The molecule has 3 rings (SSSR count). The van der Waals surface area contributed by atoms with Crippen molar-refractivity contribution >= 4 is 16.7 Å². The minimum Gasteiger partial charge on any atom is -0.497 e. The summed E-state index contributed by atoms with van der Waals surface area (Å²) in [6.07, 6.45) is 2.10.